The smallest absolute Gasteiger partial charge is 0.253 e. The molecule has 0 radical (unpaired) electrons. The third kappa shape index (κ3) is 3.59. The number of anilines is 1. The highest BCUT2D eigenvalue weighted by Crippen LogP contribution is 2.24. The lowest BCUT2D eigenvalue weighted by atomic mass is 10.1. The van der Waals surface area contributed by atoms with Gasteiger partial charge in [-0.2, -0.15) is 0 Å². The number of nitrogens with one attached hydrogen (secondary N) is 1. The Morgan fingerprint density at radius 2 is 1.86 bits per heavy atom. The fourth-order valence-corrected chi connectivity index (χ4v) is 3.43. The summed E-state index contributed by atoms with van der Waals surface area (Å²) in [5.41, 5.74) is 8.52. The van der Waals surface area contributed by atoms with E-state index in [4.69, 9.17) is 5.73 Å². The van der Waals surface area contributed by atoms with E-state index in [0.717, 1.165) is 40.9 Å². The van der Waals surface area contributed by atoms with Crippen LogP contribution in [0, 0.1) is 0 Å². The van der Waals surface area contributed by atoms with Gasteiger partial charge >= 0.3 is 0 Å². The van der Waals surface area contributed by atoms with Gasteiger partial charge in [-0.25, -0.2) is 4.98 Å². The van der Waals surface area contributed by atoms with E-state index in [-0.39, 0.29) is 5.91 Å². The number of fused-ring (bicyclic) bond motifs is 1. The molecule has 1 saturated heterocycles. The molecule has 7 nitrogen and oxygen atoms in total. The number of nitrogens with two attached hydrogens (primary N) is 1. The van der Waals surface area contributed by atoms with Gasteiger partial charge in [0.1, 0.15) is 5.65 Å². The van der Waals surface area contributed by atoms with E-state index in [9.17, 15) is 9.59 Å². The molecule has 0 atom stereocenters. The minimum atomic E-state index is -0.488. The number of piperazine rings is 1. The summed E-state index contributed by atoms with van der Waals surface area (Å²) in [6, 6.07) is 11.4. The van der Waals surface area contributed by atoms with E-state index in [1.807, 2.05) is 47.5 Å². The van der Waals surface area contributed by atoms with Gasteiger partial charge in [0.2, 0.25) is 5.91 Å². The Balaban J connectivity index is 1.48. The number of carbonyl (C=O) groups excluding carboxylic acids is 2. The van der Waals surface area contributed by atoms with Crippen molar-refractivity contribution in [3.8, 4) is 0 Å². The number of benzene rings is 1. The van der Waals surface area contributed by atoms with Crippen molar-refractivity contribution in [2.45, 2.75) is 0 Å². The number of pyridine rings is 1. The maximum absolute atomic E-state index is 12.6. The van der Waals surface area contributed by atoms with Crippen LogP contribution in [0.25, 0.3) is 17.1 Å². The molecule has 3 heterocycles. The minimum absolute atomic E-state index is 0.0679. The van der Waals surface area contributed by atoms with Crippen molar-refractivity contribution in [3.05, 3.63) is 66.0 Å². The van der Waals surface area contributed by atoms with E-state index in [1.54, 1.807) is 12.3 Å². The van der Waals surface area contributed by atoms with Gasteiger partial charge in [-0.05, 0) is 24.3 Å². The van der Waals surface area contributed by atoms with Crippen LogP contribution in [-0.2, 0) is 4.79 Å². The molecule has 1 aliphatic rings. The molecule has 0 unspecified atom stereocenters. The molecule has 0 spiro atoms. The first-order valence-electron chi connectivity index (χ1n) is 9.16. The van der Waals surface area contributed by atoms with Crippen LogP contribution in [0.15, 0.2) is 54.9 Å². The second-order valence-electron chi connectivity index (χ2n) is 6.71. The number of aromatic nitrogens is 2. The lowest BCUT2D eigenvalue weighted by Gasteiger charge is -2.36. The van der Waals surface area contributed by atoms with Crippen molar-refractivity contribution < 1.29 is 9.59 Å². The number of primary amides is 1. The Bertz CT molecular complexity index is 1030. The maximum Gasteiger partial charge on any atom is 0.253 e. The molecule has 2 aromatic heterocycles. The third-order valence-corrected chi connectivity index (χ3v) is 4.93. The van der Waals surface area contributed by atoms with Crippen molar-refractivity contribution in [1.82, 2.24) is 14.9 Å². The van der Waals surface area contributed by atoms with Gasteiger partial charge in [0.25, 0.3) is 5.91 Å². The van der Waals surface area contributed by atoms with E-state index < -0.39 is 5.91 Å². The fraction of sp³-hybridized carbons (Fsp3) is 0.190. The van der Waals surface area contributed by atoms with Crippen LogP contribution in [-0.4, -0.2) is 52.9 Å². The zero-order chi connectivity index (χ0) is 19.5. The molecular weight excluding hydrogens is 354 g/mol. The van der Waals surface area contributed by atoms with Crippen LogP contribution in [0.1, 0.15) is 15.9 Å². The van der Waals surface area contributed by atoms with Crippen LogP contribution in [0.4, 0.5) is 5.69 Å². The Morgan fingerprint density at radius 3 is 2.57 bits per heavy atom. The second-order valence-corrected chi connectivity index (χ2v) is 6.71. The Labute approximate surface area is 162 Å². The molecule has 4 rings (SSSR count). The molecule has 1 aliphatic heterocycles. The first kappa shape index (κ1) is 17.8. The van der Waals surface area contributed by atoms with E-state index in [0.29, 0.717) is 13.1 Å². The van der Waals surface area contributed by atoms with Crippen LogP contribution in [0.5, 0.6) is 0 Å². The average Bonchev–Trinajstić information content (AvgIpc) is 3.14. The van der Waals surface area contributed by atoms with Crippen molar-refractivity contribution in [2.75, 3.05) is 31.1 Å². The van der Waals surface area contributed by atoms with Crippen LogP contribution in [0.3, 0.4) is 0 Å². The maximum atomic E-state index is 12.6. The van der Waals surface area contributed by atoms with Crippen molar-refractivity contribution >= 4 is 34.6 Å². The zero-order valence-corrected chi connectivity index (χ0v) is 15.3. The topological polar surface area (TPSA) is 95.3 Å². The predicted octanol–water partition coefficient (Wildman–Crippen LogP) is 2.02. The molecule has 28 heavy (non-hydrogen) atoms. The normalized spacial score (nSPS) is 14.7. The summed E-state index contributed by atoms with van der Waals surface area (Å²) in [5, 5.41) is 0.929. The van der Waals surface area contributed by atoms with Gasteiger partial charge in [-0.1, -0.05) is 18.2 Å². The van der Waals surface area contributed by atoms with Gasteiger partial charge in [0.15, 0.2) is 0 Å². The zero-order valence-electron chi connectivity index (χ0n) is 15.3. The van der Waals surface area contributed by atoms with Crippen molar-refractivity contribution in [1.29, 1.82) is 0 Å². The highest BCUT2D eigenvalue weighted by molar-refractivity contribution is 5.95. The van der Waals surface area contributed by atoms with Crippen molar-refractivity contribution in [2.24, 2.45) is 5.73 Å². The van der Waals surface area contributed by atoms with Gasteiger partial charge in [0.05, 0.1) is 11.9 Å². The second kappa shape index (κ2) is 7.56. The molecule has 0 bridgehead atoms. The largest absolute Gasteiger partial charge is 0.367 e. The van der Waals surface area contributed by atoms with E-state index in [1.165, 1.54) is 6.08 Å². The summed E-state index contributed by atoms with van der Waals surface area (Å²) < 4.78 is 0. The van der Waals surface area contributed by atoms with Gasteiger partial charge in [0, 0.05) is 55.0 Å². The highest BCUT2D eigenvalue weighted by Gasteiger charge is 2.22. The third-order valence-electron chi connectivity index (χ3n) is 4.93. The Hall–Kier alpha value is -3.61. The van der Waals surface area contributed by atoms with Gasteiger partial charge < -0.3 is 20.5 Å². The first-order valence-corrected chi connectivity index (χ1v) is 9.16. The highest BCUT2D eigenvalue weighted by atomic mass is 16.2. The standard InChI is InChI=1S/C21H21N5O2/c22-19(27)7-6-16-13-23-20-18(16)12-17(14-24-20)25-8-10-26(11-9-25)21(28)15-4-2-1-3-5-15/h1-7,12-14H,8-11H2,(H2,22,27)(H,23,24). The molecule has 142 valence electrons. The monoisotopic (exact) mass is 375 g/mol. The predicted molar refractivity (Wildman–Crippen MR) is 109 cm³/mol. The number of amides is 2. The van der Waals surface area contributed by atoms with E-state index >= 15 is 0 Å². The first-order chi connectivity index (χ1) is 13.6. The number of hydrogen-bond donors (Lipinski definition) is 2. The number of aromatic amines is 1. The summed E-state index contributed by atoms with van der Waals surface area (Å²) in [6.45, 7) is 2.80. The van der Waals surface area contributed by atoms with Crippen LogP contribution >= 0.6 is 0 Å². The fourth-order valence-electron chi connectivity index (χ4n) is 3.43. The van der Waals surface area contributed by atoms with Crippen LogP contribution < -0.4 is 10.6 Å². The Kier molecular flexibility index (Phi) is 4.80. The molecule has 2 amide bonds. The number of hydrogen-bond acceptors (Lipinski definition) is 4. The van der Waals surface area contributed by atoms with Gasteiger partial charge in [-0.3, -0.25) is 9.59 Å². The summed E-state index contributed by atoms with van der Waals surface area (Å²) in [7, 11) is 0. The quantitative estimate of drug-likeness (QED) is 0.682. The molecule has 3 aromatic rings. The number of H-pyrrole nitrogens is 1. The number of nitrogens with zero attached hydrogens (tertiary/aromatic N) is 3. The molecular formula is C21H21N5O2. The molecule has 0 saturated carbocycles. The molecule has 1 fully saturated rings. The molecule has 7 heteroatoms. The number of carbonyl (C=O) groups is 2. The summed E-state index contributed by atoms with van der Waals surface area (Å²) in [6.07, 6.45) is 6.65. The minimum Gasteiger partial charge on any atom is -0.367 e. The molecule has 1 aromatic carbocycles. The average molecular weight is 375 g/mol. The van der Waals surface area contributed by atoms with Crippen molar-refractivity contribution in [3.63, 3.8) is 0 Å². The van der Waals surface area contributed by atoms with Crippen LogP contribution in [0.2, 0.25) is 0 Å². The number of rotatable bonds is 4. The summed E-state index contributed by atoms with van der Waals surface area (Å²) >= 11 is 0. The lowest BCUT2D eigenvalue weighted by Crippen LogP contribution is -2.48. The SMILES string of the molecule is NC(=O)C=Cc1c[nH]c2ncc(N3CCN(C(=O)c4ccccc4)CC3)cc12. The van der Waals surface area contributed by atoms with E-state index in [2.05, 4.69) is 14.9 Å². The Morgan fingerprint density at radius 1 is 1.11 bits per heavy atom. The lowest BCUT2D eigenvalue weighted by molar-refractivity contribution is -0.113. The summed E-state index contributed by atoms with van der Waals surface area (Å²) in [4.78, 5) is 35.3. The van der Waals surface area contributed by atoms with Gasteiger partial charge in [-0.15, -0.1) is 0 Å². The molecule has 3 N–H and O–H groups in total. The summed E-state index contributed by atoms with van der Waals surface area (Å²) in [5.74, 6) is -0.420. The molecule has 0 aliphatic carbocycles.